The lowest BCUT2D eigenvalue weighted by Crippen LogP contribution is -2.05. The highest BCUT2D eigenvalue weighted by atomic mass is 35.5. The predicted octanol–water partition coefficient (Wildman–Crippen LogP) is 3.74. The summed E-state index contributed by atoms with van der Waals surface area (Å²) in [4.78, 5) is 26.6. The Kier molecular flexibility index (Phi) is 3.33. The van der Waals surface area contributed by atoms with E-state index >= 15 is 0 Å². The van der Waals surface area contributed by atoms with Gasteiger partial charge < -0.3 is 4.98 Å². The Morgan fingerprint density at radius 2 is 2.00 bits per heavy atom. The van der Waals surface area contributed by atoms with Gasteiger partial charge in [-0.15, -0.1) is 0 Å². The number of H-pyrrole nitrogens is 1. The number of fused-ring (bicyclic) bond motifs is 2. The summed E-state index contributed by atoms with van der Waals surface area (Å²) in [5, 5.41) is 16.6. The van der Waals surface area contributed by atoms with Gasteiger partial charge in [-0.05, 0) is 31.2 Å². The van der Waals surface area contributed by atoms with Gasteiger partial charge >= 0.3 is 0 Å². The number of hydrogen-bond acceptors (Lipinski definition) is 4. The average molecular weight is 355 g/mol. The van der Waals surface area contributed by atoms with Crippen LogP contribution in [0.4, 0.5) is 5.69 Å². The second kappa shape index (κ2) is 5.42. The van der Waals surface area contributed by atoms with Crippen molar-refractivity contribution in [2.45, 2.75) is 6.92 Å². The van der Waals surface area contributed by atoms with Crippen molar-refractivity contribution in [3.05, 3.63) is 73.5 Å². The molecule has 4 aromatic rings. The molecule has 0 aliphatic heterocycles. The minimum absolute atomic E-state index is 0.0425. The molecule has 0 radical (unpaired) electrons. The molecule has 7 nitrogen and oxygen atoms in total. The highest BCUT2D eigenvalue weighted by molar-refractivity contribution is 6.32. The number of hydrogen-bond donors (Lipinski definition) is 1. The first-order valence-corrected chi connectivity index (χ1v) is 7.80. The van der Waals surface area contributed by atoms with Gasteiger partial charge in [-0.25, -0.2) is 4.68 Å². The highest BCUT2D eigenvalue weighted by Gasteiger charge is 2.18. The molecule has 2 aromatic carbocycles. The Balaban J connectivity index is 2.09. The summed E-state index contributed by atoms with van der Waals surface area (Å²) >= 11 is 5.88. The van der Waals surface area contributed by atoms with Crippen molar-refractivity contribution in [2.75, 3.05) is 0 Å². The van der Waals surface area contributed by atoms with Crippen LogP contribution < -0.4 is 5.43 Å². The number of pyridine rings is 1. The Morgan fingerprint density at radius 3 is 2.76 bits per heavy atom. The average Bonchev–Trinajstić information content (AvgIpc) is 2.92. The van der Waals surface area contributed by atoms with Crippen molar-refractivity contribution < 1.29 is 4.92 Å². The number of benzene rings is 2. The molecule has 0 aliphatic rings. The van der Waals surface area contributed by atoms with E-state index in [9.17, 15) is 14.9 Å². The highest BCUT2D eigenvalue weighted by Crippen LogP contribution is 2.28. The van der Waals surface area contributed by atoms with Crippen LogP contribution in [-0.2, 0) is 0 Å². The molecule has 2 aromatic heterocycles. The molecule has 2 heterocycles. The summed E-state index contributed by atoms with van der Waals surface area (Å²) in [6.45, 7) is 1.73. The zero-order valence-electron chi connectivity index (χ0n) is 13.0. The van der Waals surface area contributed by atoms with Gasteiger partial charge in [0.15, 0.2) is 0 Å². The molecule has 0 bridgehead atoms. The van der Waals surface area contributed by atoms with Gasteiger partial charge in [0.1, 0.15) is 10.7 Å². The standard InChI is InChI=1S/C17H11ClN4O3/c1-9-15-16(23)11-4-2-3-5-13(11)19-17(15)21(20-9)10-6-7-12(18)14(8-10)22(24)25/h2-8H,1H3,(H,19,23). The maximum Gasteiger partial charge on any atom is 0.290 e. The zero-order valence-corrected chi connectivity index (χ0v) is 13.7. The van der Waals surface area contributed by atoms with E-state index in [1.165, 1.54) is 16.8 Å². The summed E-state index contributed by atoms with van der Waals surface area (Å²) in [6.07, 6.45) is 0. The third-order valence-electron chi connectivity index (χ3n) is 4.08. The molecule has 0 spiro atoms. The van der Waals surface area contributed by atoms with Gasteiger partial charge in [0.2, 0.25) is 5.43 Å². The molecule has 25 heavy (non-hydrogen) atoms. The fraction of sp³-hybridized carbons (Fsp3) is 0.0588. The van der Waals surface area contributed by atoms with Gasteiger partial charge in [0, 0.05) is 11.5 Å². The van der Waals surface area contributed by atoms with E-state index in [-0.39, 0.29) is 16.1 Å². The molecule has 0 saturated heterocycles. The number of halogens is 1. The van der Waals surface area contributed by atoms with Crippen molar-refractivity contribution in [2.24, 2.45) is 0 Å². The topological polar surface area (TPSA) is 93.8 Å². The number of nitrogens with zero attached hydrogens (tertiary/aromatic N) is 3. The molecule has 8 heteroatoms. The lowest BCUT2D eigenvalue weighted by molar-refractivity contribution is -0.384. The lowest BCUT2D eigenvalue weighted by Gasteiger charge is -2.05. The van der Waals surface area contributed by atoms with Gasteiger partial charge in [0.25, 0.3) is 5.69 Å². The van der Waals surface area contributed by atoms with E-state index in [1.807, 2.05) is 6.07 Å². The zero-order chi connectivity index (χ0) is 17.7. The SMILES string of the molecule is Cc1nn(-c2ccc(Cl)c([N+](=O)[O-])c2)c2[nH]c3ccccc3c(=O)c12. The van der Waals surface area contributed by atoms with E-state index in [0.29, 0.717) is 33.3 Å². The second-order valence-electron chi connectivity index (χ2n) is 5.61. The van der Waals surface area contributed by atoms with E-state index in [2.05, 4.69) is 10.1 Å². The van der Waals surface area contributed by atoms with Gasteiger partial charge in [0.05, 0.1) is 27.2 Å². The molecule has 0 atom stereocenters. The Hall–Kier alpha value is -3.19. The molecule has 0 fully saturated rings. The molecule has 0 amide bonds. The number of rotatable bonds is 2. The normalized spacial score (nSPS) is 11.3. The van der Waals surface area contributed by atoms with Crippen molar-refractivity contribution in [3.63, 3.8) is 0 Å². The Labute approximate surface area is 145 Å². The van der Waals surface area contributed by atoms with Crippen LogP contribution in [0.5, 0.6) is 0 Å². The molecule has 0 unspecified atom stereocenters. The quantitative estimate of drug-likeness (QED) is 0.438. The molecule has 124 valence electrons. The van der Waals surface area contributed by atoms with Crippen LogP contribution in [0.15, 0.2) is 47.3 Å². The monoisotopic (exact) mass is 354 g/mol. The van der Waals surface area contributed by atoms with Crippen LogP contribution in [0.2, 0.25) is 5.02 Å². The summed E-state index contributed by atoms with van der Waals surface area (Å²) in [7, 11) is 0. The van der Waals surface area contributed by atoms with Gasteiger partial charge in [-0.2, -0.15) is 5.10 Å². The molecule has 1 N–H and O–H groups in total. The van der Waals surface area contributed by atoms with Crippen molar-refractivity contribution >= 4 is 39.2 Å². The van der Waals surface area contributed by atoms with Crippen LogP contribution in [-0.4, -0.2) is 19.7 Å². The summed E-state index contributed by atoms with van der Waals surface area (Å²) in [5.41, 5.74) is 1.79. The summed E-state index contributed by atoms with van der Waals surface area (Å²) in [6, 6.07) is 11.6. The fourth-order valence-corrected chi connectivity index (χ4v) is 3.11. The minimum Gasteiger partial charge on any atom is -0.339 e. The van der Waals surface area contributed by atoms with Gasteiger partial charge in [-0.3, -0.25) is 14.9 Å². The van der Waals surface area contributed by atoms with Crippen LogP contribution in [0.1, 0.15) is 5.69 Å². The number of nitrogens with one attached hydrogen (secondary N) is 1. The lowest BCUT2D eigenvalue weighted by atomic mass is 10.1. The molecular weight excluding hydrogens is 344 g/mol. The Morgan fingerprint density at radius 1 is 1.24 bits per heavy atom. The third-order valence-corrected chi connectivity index (χ3v) is 4.40. The van der Waals surface area contributed by atoms with E-state index < -0.39 is 4.92 Å². The van der Waals surface area contributed by atoms with Crippen LogP contribution in [0.3, 0.4) is 0 Å². The summed E-state index contributed by atoms with van der Waals surface area (Å²) in [5.74, 6) is 0. The maximum absolute atomic E-state index is 12.8. The first kappa shape index (κ1) is 15.3. The first-order chi connectivity index (χ1) is 12.0. The number of aromatic nitrogens is 3. The Bertz CT molecular complexity index is 1230. The summed E-state index contributed by atoms with van der Waals surface area (Å²) < 4.78 is 1.49. The van der Waals surface area contributed by atoms with Gasteiger partial charge in [-0.1, -0.05) is 23.7 Å². The van der Waals surface area contributed by atoms with E-state index in [1.54, 1.807) is 31.2 Å². The van der Waals surface area contributed by atoms with Crippen LogP contribution in [0.25, 0.3) is 27.6 Å². The molecule has 4 rings (SSSR count). The van der Waals surface area contributed by atoms with Crippen molar-refractivity contribution in [1.29, 1.82) is 0 Å². The van der Waals surface area contributed by atoms with Crippen LogP contribution >= 0.6 is 11.6 Å². The van der Waals surface area contributed by atoms with Crippen LogP contribution in [0, 0.1) is 17.0 Å². The van der Waals surface area contributed by atoms with Crippen molar-refractivity contribution in [3.8, 4) is 5.69 Å². The maximum atomic E-state index is 12.8. The number of aromatic amines is 1. The minimum atomic E-state index is -0.553. The number of aryl methyl sites for hydroxylation is 1. The molecular formula is C17H11ClN4O3. The third kappa shape index (κ3) is 2.28. The predicted molar refractivity (Wildman–Crippen MR) is 95.6 cm³/mol. The molecule has 0 aliphatic carbocycles. The number of nitro groups is 1. The largest absolute Gasteiger partial charge is 0.339 e. The van der Waals surface area contributed by atoms with Crippen molar-refractivity contribution in [1.82, 2.24) is 14.8 Å². The first-order valence-electron chi connectivity index (χ1n) is 7.42. The second-order valence-corrected chi connectivity index (χ2v) is 6.02. The smallest absolute Gasteiger partial charge is 0.290 e. The fourth-order valence-electron chi connectivity index (χ4n) is 2.93. The molecule has 0 saturated carbocycles. The number of nitro benzene ring substituents is 1. The van der Waals surface area contributed by atoms with E-state index in [4.69, 9.17) is 11.6 Å². The van der Waals surface area contributed by atoms with E-state index in [0.717, 1.165) is 0 Å². The number of para-hydroxylation sites is 1.